The summed E-state index contributed by atoms with van der Waals surface area (Å²) in [6, 6.07) is 2.68. The van der Waals surface area contributed by atoms with E-state index >= 15 is 0 Å². The van der Waals surface area contributed by atoms with Crippen LogP contribution in [0.15, 0.2) is 23.2 Å². The first-order valence-corrected chi connectivity index (χ1v) is 7.71. The first-order chi connectivity index (χ1) is 9.54. The molecule has 1 fully saturated rings. The number of nitrogens with zero attached hydrogens (tertiary/aromatic N) is 2. The quantitative estimate of drug-likeness (QED) is 0.882. The van der Waals surface area contributed by atoms with Gasteiger partial charge in [0, 0.05) is 19.2 Å². The fourth-order valence-electron chi connectivity index (χ4n) is 2.35. The number of rotatable bonds is 4. The number of Topliss-reactive ketones (excluding diaryl/α,β-unsaturated/α-hetero) is 1. The predicted molar refractivity (Wildman–Crippen MR) is 74.2 cm³/mol. The lowest BCUT2D eigenvalue weighted by Crippen LogP contribution is -2.40. The predicted octanol–water partition coefficient (Wildman–Crippen LogP) is 0.647. The Morgan fingerprint density at radius 3 is 2.80 bits per heavy atom. The van der Waals surface area contributed by atoms with Gasteiger partial charge in [0.05, 0.1) is 10.9 Å². The van der Waals surface area contributed by atoms with Gasteiger partial charge in [-0.3, -0.25) is 9.59 Å². The number of likely N-dealkylation sites (tertiary alicyclic amines) is 1. The fraction of sp³-hybridized carbons (Fsp3) is 0.462. The summed E-state index contributed by atoms with van der Waals surface area (Å²) in [5, 5.41) is 5.23. The molecule has 2 heterocycles. The largest absolute Gasteiger partial charge is 0.327 e. The third-order valence-corrected chi connectivity index (χ3v) is 4.13. The zero-order chi connectivity index (χ0) is 14.7. The van der Waals surface area contributed by atoms with Crippen LogP contribution in [-0.4, -0.2) is 38.4 Å². The van der Waals surface area contributed by atoms with E-state index in [9.17, 15) is 13.8 Å². The number of amides is 1. The van der Waals surface area contributed by atoms with E-state index < -0.39 is 11.0 Å². The molecular weight excluding hydrogens is 278 g/mol. The number of ketones is 1. The zero-order valence-electron chi connectivity index (χ0n) is 11.2. The summed E-state index contributed by atoms with van der Waals surface area (Å²) >= 11 is 0. The van der Waals surface area contributed by atoms with Crippen molar-refractivity contribution >= 4 is 22.7 Å². The molecule has 0 saturated carbocycles. The highest BCUT2D eigenvalue weighted by Crippen LogP contribution is 2.21. The van der Waals surface area contributed by atoms with Gasteiger partial charge in [-0.25, -0.2) is 14.3 Å². The highest BCUT2D eigenvalue weighted by atomic mass is 32.2. The molecule has 1 amide bonds. The number of aromatic nitrogens is 1. The van der Waals surface area contributed by atoms with Gasteiger partial charge in [0.15, 0.2) is 5.78 Å². The van der Waals surface area contributed by atoms with E-state index in [0.29, 0.717) is 24.3 Å². The molecule has 0 radical (unpaired) electrons. The Labute approximate surface area is 119 Å². The Morgan fingerprint density at radius 1 is 1.50 bits per heavy atom. The van der Waals surface area contributed by atoms with Crippen LogP contribution >= 0.6 is 0 Å². The summed E-state index contributed by atoms with van der Waals surface area (Å²) in [5.74, 6) is -0.181. The molecule has 1 saturated heterocycles. The molecule has 2 rings (SSSR count). The molecule has 108 valence electrons. The average molecular weight is 295 g/mol. The minimum Gasteiger partial charge on any atom is -0.327 e. The van der Waals surface area contributed by atoms with Gasteiger partial charge in [-0.15, -0.1) is 0 Å². The highest BCUT2D eigenvalue weighted by Gasteiger charge is 2.33. The second kappa shape index (κ2) is 6.23. The lowest BCUT2D eigenvalue weighted by Gasteiger charge is -2.22. The van der Waals surface area contributed by atoms with Crippen LogP contribution in [0.1, 0.15) is 36.7 Å². The first kappa shape index (κ1) is 14.8. The average Bonchev–Trinajstić information content (AvgIpc) is 2.95. The smallest absolute Gasteiger partial charge is 0.273 e. The SMILES string of the molecule is CCC(=O)C1CCCN1C(=O)c1ccc(S(N)=O)cn1. The number of hydrogen-bond donors (Lipinski definition) is 1. The maximum atomic E-state index is 12.4. The van der Waals surface area contributed by atoms with E-state index in [2.05, 4.69) is 4.98 Å². The van der Waals surface area contributed by atoms with Crippen LogP contribution in [0.5, 0.6) is 0 Å². The standard InChI is InChI=1S/C13H17N3O3S/c1-2-12(17)11-4-3-7-16(11)13(18)10-6-5-9(8-15-10)20(14)19/h5-6,8,11H,2-4,7,14H2,1H3. The molecule has 0 aromatic carbocycles. The monoisotopic (exact) mass is 295 g/mol. The van der Waals surface area contributed by atoms with Crippen LogP contribution < -0.4 is 5.14 Å². The van der Waals surface area contributed by atoms with Gasteiger partial charge in [-0.05, 0) is 25.0 Å². The Morgan fingerprint density at radius 2 is 2.25 bits per heavy atom. The molecular formula is C13H17N3O3S. The minimum atomic E-state index is -1.61. The zero-order valence-corrected chi connectivity index (χ0v) is 12.1. The summed E-state index contributed by atoms with van der Waals surface area (Å²) in [6.45, 7) is 2.37. The molecule has 2 N–H and O–H groups in total. The van der Waals surface area contributed by atoms with Gasteiger partial charge in [-0.1, -0.05) is 6.92 Å². The van der Waals surface area contributed by atoms with Crippen LogP contribution in [0.2, 0.25) is 0 Å². The Hall–Kier alpha value is -1.60. The van der Waals surface area contributed by atoms with Crippen LogP contribution in [-0.2, 0) is 15.8 Å². The molecule has 2 unspecified atom stereocenters. The van der Waals surface area contributed by atoms with Crippen LogP contribution in [0, 0.1) is 0 Å². The maximum Gasteiger partial charge on any atom is 0.273 e. The Bertz CT molecular complexity index is 544. The highest BCUT2D eigenvalue weighted by molar-refractivity contribution is 7.82. The van der Waals surface area contributed by atoms with Crippen LogP contribution in [0.4, 0.5) is 0 Å². The molecule has 1 aromatic heterocycles. The van der Waals surface area contributed by atoms with Gasteiger partial charge in [0.2, 0.25) is 0 Å². The molecule has 7 heteroatoms. The summed E-state index contributed by atoms with van der Waals surface area (Å²) in [5.41, 5.74) is 0.245. The van der Waals surface area contributed by atoms with Gasteiger partial charge < -0.3 is 4.90 Å². The van der Waals surface area contributed by atoms with Crippen molar-refractivity contribution in [2.75, 3.05) is 6.54 Å². The molecule has 2 atom stereocenters. The third-order valence-electron chi connectivity index (χ3n) is 3.42. The second-order valence-electron chi connectivity index (χ2n) is 4.65. The van der Waals surface area contributed by atoms with Crippen molar-refractivity contribution in [1.82, 2.24) is 9.88 Å². The number of carbonyl (C=O) groups is 2. The van der Waals surface area contributed by atoms with E-state index in [1.54, 1.807) is 11.8 Å². The van der Waals surface area contributed by atoms with Crippen molar-refractivity contribution in [1.29, 1.82) is 0 Å². The normalized spacial score (nSPS) is 19.9. The molecule has 1 aromatic rings. The number of carbonyl (C=O) groups excluding carboxylic acids is 2. The number of hydrogen-bond acceptors (Lipinski definition) is 4. The molecule has 20 heavy (non-hydrogen) atoms. The Balaban J connectivity index is 2.18. The van der Waals surface area contributed by atoms with Crippen molar-refractivity contribution in [2.24, 2.45) is 5.14 Å². The third kappa shape index (κ3) is 2.94. The van der Waals surface area contributed by atoms with Gasteiger partial charge in [-0.2, -0.15) is 0 Å². The molecule has 0 bridgehead atoms. The lowest BCUT2D eigenvalue weighted by molar-refractivity contribution is -0.122. The van der Waals surface area contributed by atoms with E-state index in [1.807, 2.05) is 0 Å². The second-order valence-corrected chi connectivity index (χ2v) is 5.72. The summed E-state index contributed by atoms with van der Waals surface area (Å²) in [6.07, 6.45) is 3.29. The summed E-state index contributed by atoms with van der Waals surface area (Å²) in [4.78, 5) is 30.1. The molecule has 1 aliphatic rings. The van der Waals surface area contributed by atoms with Crippen LogP contribution in [0.3, 0.4) is 0 Å². The van der Waals surface area contributed by atoms with Gasteiger partial charge in [0.1, 0.15) is 16.7 Å². The number of pyridine rings is 1. The molecule has 6 nitrogen and oxygen atoms in total. The fourth-order valence-corrected chi connectivity index (χ4v) is 2.71. The minimum absolute atomic E-state index is 0.0792. The topological polar surface area (TPSA) is 93.4 Å². The van der Waals surface area contributed by atoms with Crippen molar-refractivity contribution in [3.05, 3.63) is 24.0 Å². The Kier molecular flexibility index (Phi) is 4.61. The maximum absolute atomic E-state index is 12.4. The molecule has 0 aliphatic carbocycles. The number of nitrogens with two attached hydrogens (primary N) is 1. The van der Waals surface area contributed by atoms with Crippen molar-refractivity contribution in [3.63, 3.8) is 0 Å². The van der Waals surface area contributed by atoms with E-state index in [1.165, 1.54) is 18.3 Å². The summed E-state index contributed by atoms with van der Waals surface area (Å²) in [7, 11) is -1.61. The van der Waals surface area contributed by atoms with Gasteiger partial charge in [0.25, 0.3) is 5.91 Å². The van der Waals surface area contributed by atoms with Crippen molar-refractivity contribution in [3.8, 4) is 0 Å². The van der Waals surface area contributed by atoms with E-state index in [4.69, 9.17) is 5.14 Å². The lowest BCUT2D eigenvalue weighted by atomic mass is 10.1. The van der Waals surface area contributed by atoms with Crippen LogP contribution in [0.25, 0.3) is 0 Å². The van der Waals surface area contributed by atoms with E-state index in [-0.39, 0.29) is 23.4 Å². The molecule has 1 aliphatic heterocycles. The first-order valence-electron chi connectivity index (χ1n) is 6.50. The molecule has 0 spiro atoms. The van der Waals surface area contributed by atoms with E-state index in [0.717, 1.165) is 6.42 Å². The summed E-state index contributed by atoms with van der Waals surface area (Å²) < 4.78 is 11.1. The van der Waals surface area contributed by atoms with Gasteiger partial charge >= 0.3 is 0 Å². The van der Waals surface area contributed by atoms with Crippen molar-refractivity contribution in [2.45, 2.75) is 37.1 Å². The van der Waals surface area contributed by atoms with Crippen molar-refractivity contribution < 1.29 is 13.8 Å².